The number of anilines is 1. The van der Waals surface area contributed by atoms with Crippen LogP contribution in [0.5, 0.6) is 0 Å². The fourth-order valence-electron chi connectivity index (χ4n) is 4.86. The van der Waals surface area contributed by atoms with Gasteiger partial charge in [-0.1, -0.05) is 31.4 Å². The van der Waals surface area contributed by atoms with Crippen LogP contribution in [0.1, 0.15) is 42.5 Å². The first-order chi connectivity index (χ1) is 14.5. The van der Waals surface area contributed by atoms with Crippen molar-refractivity contribution in [1.29, 1.82) is 0 Å². The van der Waals surface area contributed by atoms with Crippen molar-refractivity contribution in [1.82, 2.24) is 4.31 Å². The molecule has 2 aliphatic heterocycles. The Hall–Kier alpha value is -2.29. The largest absolute Gasteiger partial charge is 0.379 e. The second kappa shape index (κ2) is 7.44. The van der Waals surface area contributed by atoms with E-state index >= 15 is 0 Å². The third kappa shape index (κ3) is 2.97. The number of morpholine rings is 1. The predicted octanol–water partition coefficient (Wildman–Crippen LogP) is 2.93. The van der Waals surface area contributed by atoms with E-state index in [1.165, 1.54) is 15.3 Å². The summed E-state index contributed by atoms with van der Waals surface area (Å²) in [5.74, 6) is -0.670. The quantitative estimate of drug-likeness (QED) is 0.702. The highest BCUT2D eigenvalue weighted by molar-refractivity contribution is 7.89. The zero-order chi connectivity index (χ0) is 20.9. The van der Waals surface area contributed by atoms with Crippen LogP contribution >= 0.6 is 0 Å². The number of hydrogen-bond donors (Lipinski definition) is 0. The van der Waals surface area contributed by atoms with E-state index in [0.29, 0.717) is 48.3 Å². The first-order valence-corrected chi connectivity index (χ1v) is 12.0. The normalized spacial score (nSPS) is 20.8. The standard InChI is InChI=1S/C22H24N2O5S/c25-21(15-5-2-1-3-6-15)24-18-9-10-19(30(27,28)23-11-13-29-14-12-23)16-7-4-8-17(20(16)18)22(24)26/h4,7-10,15H,1-3,5-6,11-14H2. The molecule has 0 unspecified atom stereocenters. The van der Waals surface area contributed by atoms with Gasteiger partial charge >= 0.3 is 0 Å². The number of carbonyl (C=O) groups is 2. The first kappa shape index (κ1) is 19.7. The number of carbonyl (C=O) groups excluding carboxylic acids is 2. The van der Waals surface area contributed by atoms with Crippen LogP contribution in [0.3, 0.4) is 0 Å². The molecule has 2 aromatic rings. The van der Waals surface area contributed by atoms with E-state index in [4.69, 9.17) is 4.74 Å². The third-order valence-electron chi connectivity index (χ3n) is 6.42. The Kier molecular flexibility index (Phi) is 4.88. The number of imide groups is 1. The molecule has 7 nitrogen and oxygen atoms in total. The lowest BCUT2D eigenvalue weighted by Gasteiger charge is -2.27. The van der Waals surface area contributed by atoms with Crippen molar-refractivity contribution in [3.63, 3.8) is 0 Å². The molecule has 0 atom stereocenters. The van der Waals surface area contributed by atoms with E-state index < -0.39 is 10.0 Å². The van der Waals surface area contributed by atoms with Crippen molar-refractivity contribution in [3.05, 3.63) is 35.9 Å². The number of hydrogen-bond acceptors (Lipinski definition) is 5. The smallest absolute Gasteiger partial charge is 0.265 e. The number of ether oxygens (including phenoxy) is 1. The number of rotatable bonds is 3. The van der Waals surface area contributed by atoms with E-state index in [1.54, 1.807) is 24.3 Å². The molecule has 0 aromatic heterocycles. The van der Waals surface area contributed by atoms with Crippen molar-refractivity contribution in [2.75, 3.05) is 31.2 Å². The summed E-state index contributed by atoms with van der Waals surface area (Å²) in [6.45, 7) is 1.33. The second-order valence-electron chi connectivity index (χ2n) is 8.14. The Bertz CT molecular complexity index is 1130. The van der Waals surface area contributed by atoms with E-state index in [9.17, 15) is 18.0 Å². The molecule has 0 bridgehead atoms. The maximum absolute atomic E-state index is 13.3. The maximum Gasteiger partial charge on any atom is 0.265 e. The van der Waals surface area contributed by atoms with Crippen LogP contribution in [0.4, 0.5) is 5.69 Å². The Morgan fingerprint density at radius 2 is 1.73 bits per heavy atom. The lowest BCUT2D eigenvalue weighted by molar-refractivity contribution is -0.122. The minimum absolute atomic E-state index is 0.149. The number of amides is 2. The van der Waals surface area contributed by atoms with Crippen LogP contribution in [0.15, 0.2) is 35.2 Å². The fraction of sp³-hybridized carbons (Fsp3) is 0.455. The van der Waals surface area contributed by atoms with Gasteiger partial charge in [0.15, 0.2) is 0 Å². The lowest BCUT2D eigenvalue weighted by atomic mass is 9.88. The molecule has 2 aromatic carbocycles. The molecule has 2 amide bonds. The molecule has 30 heavy (non-hydrogen) atoms. The molecule has 1 aliphatic carbocycles. The monoisotopic (exact) mass is 428 g/mol. The minimum Gasteiger partial charge on any atom is -0.379 e. The zero-order valence-electron chi connectivity index (χ0n) is 16.7. The highest BCUT2D eigenvalue weighted by Crippen LogP contribution is 2.42. The summed E-state index contributed by atoms with van der Waals surface area (Å²) >= 11 is 0. The molecule has 158 valence electrons. The molecular formula is C22H24N2O5S. The third-order valence-corrected chi connectivity index (χ3v) is 8.37. The van der Waals surface area contributed by atoms with Crippen molar-refractivity contribution < 1.29 is 22.7 Å². The van der Waals surface area contributed by atoms with Gasteiger partial charge in [-0.15, -0.1) is 0 Å². The molecule has 0 N–H and O–H groups in total. The average Bonchev–Trinajstić information content (AvgIpc) is 3.08. The Morgan fingerprint density at radius 1 is 1.00 bits per heavy atom. The van der Waals surface area contributed by atoms with Gasteiger partial charge in [0.1, 0.15) is 0 Å². The zero-order valence-corrected chi connectivity index (χ0v) is 17.5. The predicted molar refractivity (Wildman–Crippen MR) is 112 cm³/mol. The van der Waals surface area contributed by atoms with Crippen LogP contribution in [0, 0.1) is 5.92 Å². The molecule has 5 rings (SSSR count). The van der Waals surface area contributed by atoms with Gasteiger partial charge in [-0.2, -0.15) is 4.31 Å². The van der Waals surface area contributed by atoms with E-state index in [0.717, 1.165) is 32.1 Å². The summed E-state index contributed by atoms with van der Waals surface area (Å²) in [4.78, 5) is 27.8. The Morgan fingerprint density at radius 3 is 2.47 bits per heavy atom. The van der Waals surface area contributed by atoms with Crippen molar-refractivity contribution >= 4 is 38.3 Å². The summed E-state index contributed by atoms with van der Waals surface area (Å²) in [7, 11) is -3.73. The fourth-order valence-corrected chi connectivity index (χ4v) is 6.45. The molecular weight excluding hydrogens is 404 g/mol. The number of nitrogens with zero attached hydrogens (tertiary/aromatic N) is 2. The summed E-state index contributed by atoms with van der Waals surface area (Å²) in [6, 6.07) is 8.23. The Labute approximate surface area is 175 Å². The lowest BCUT2D eigenvalue weighted by Crippen LogP contribution is -2.40. The van der Waals surface area contributed by atoms with Crippen LogP contribution in [0.2, 0.25) is 0 Å². The van der Waals surface area contributed by atoms with E-state index in [-0.39, 0.29) is 22.6 Å². The van der Waals surface area contributed by atoms with Crippen molar-refractivity contribution in [2.45, 2.75) is 37.0 Å². The van der Waals surface area contributed by atoms with E-state index in [1.807, 2.05) is 0 Å². The minimum atomic E-state index is -3.73. The SMILES string of the molecule is O=C1c2cccc3c(S(=O)(=O)N4CCOCC4)ccc(c23)N1C(=O)C1CCCCC1. The Balaban J connectivity index is 1.61. The van der Waals surface area contributed by atoms with Gasteiger partial charge in [-0.05, 0) is 31.0 Å². The molecule has 2 fully saturated rings. The van der Waals surface area contributed by atoms with Crippen molar-refractivity contribution in [2.24, 2.45) is 5.92 Å². The molecule has 8 heteroatoms. The maximum atomic E-state index is 13.3. The summed E-state index contributed by atoms with van der Waals surface area (Å²) in [5, 5.41) is 1.05. The molecule has 0 spiro atoms. The van der Waals surface area contributed by atoms with Gasteiger partial charge in [-0.3, -0.25) is 9.59 Å². The van der Waals surface area contributed by atoms with Gasteiger partial charge in [0.2, 0.25) is 15.9 Å². The van der Waals surface area contributed by atoms with Gasteiger partial charge in [-0.25, -0.2) is 13.3 Å². The van der Waals surface area contributed by atoms with Gasteiger partial charge < -0.3 is 4.74 Å². The molecule has 1 saturated heterocycles. The highest BCUT2D eigenvalue weighted by Gasteiger charge is 2.39. The topological polar surface area (TPSA) is 84.0 Å². The van der Waals surface area contributed by atoms with E-state index in [2.05, 4.69) is 0 Å². The molecule has 2 heterocycles. The van der Waals surface area contributed by atoms with Gasteiger partial charge in [0, 0.05) is 29.8 Å². The van der Waals surface area contributed by atoms with Crippen molar-refractivity contribution in [3.8, 4) is 0 Å². The van der Waals surface area contributed by atoms with Crippen LogP contribution in [-0.4, -0.2) is 50.8 Å². The summed E-state index contributed by atoms with van der Waals surface area (Å²) < 4.78 is 33.3. The molecule has 3 aliphatic rings. The number of benzene rings is 2. The number of sulfonamides is 1. The highest BCUT2D eigenvalue weighted by atomic mass is 32.2. The van der Waals surface area contributed by atoms with Crippen LogP contribution in [-0.2, 0) is 19.6 Å². The summed E-state index contributed by atoms with van der Waals surface area (Å²) in [5.41, 5.74) is 0.896. The molecule has 0 radical (unpaired) electrons. The molecule has 1 saturated carbocycles. The first-order valence-electron chi connectivity index (χ1n) is 10.5. The average molecular weight is 429 g/mol. The van der Waals surface area contributed by atoms with Crippen LogP contribution < -0.4 is 4.90 Å². The second-order valence-corrected chi connectivity index (χ2v) is 10.0. The van der Waals surface area contributed by atoms with Gasteiger partial charge in [0.05, 0.1) is 29.4 Å². The van der Waals surface area contributed by atoms with Crippen LogP contribution in [0.25, 0.3) is 10.8 Å². The summed E-state index contributed by atoms with van der Waals surface area (Å²) in [6.07, 6.45) is 4.71. The van der Waals surface area contributed by atoms with Gasteiger partial charge in [0.25, 0.3) is 5.91 Å².